The fourth-order valence-corrected chi connectivity index (χ4v) is 8.52. The zero-order chi connectivity index (χ0) is 43.0. The highest BCUT2D eigenvalue weighted by atomic mass is 16.5. The first-order valence-corrected chi connectivity index (χ1v) is 26.8. The molecule has 0 heterocycles. The van der Waals surface area contributed by atoms with Crippen LogP contribution in [-0.2, 0) is 14.3 Å². The highest BCUT2D eigenvalue weighted by Crippen LogP contribution is 2.17. The maximum absolute atomic E-state index is 12.4. The van der Waals surface area contributed by atoms with Gasteiger partial charge in [-0.2, -0.15) is 0 Å². The van der Waals surface area contributed by atoms with Gasteiger partial charge in [0.1, 0.15) is 0 Å². The number of hydrogen-bond acceptors (Lipinski definition) is 5. The van der Waals surface area contributed by atoms with Gasteiger partial charge in [-0.05, 0) is 25.7 Å². The van der Waals surface area contributed by atoms with Crippen LogP contribution < -0.4 is 5.32 Å². The Kier molecular flexibility index (Phi) is 48.6. The largest absolute Gasteiger partial charge is 0.466 e. The lowest BCUT2D eigenvalue weighted by Crippen LogP contribution is -2.45. The number of hydrogen-bond donors (Lipinski definition) is 3. The van der Waals surface area contributed by atoms with Crippen LogP contribution in [0.4, 0.5) is 0 Å². The third-order valence-electron chi connectivity index (χ3n) is 12.7. The molecule has 0 rings (SSSR count). The highest BCUT2D eigenvalue weighted by molar-refractivity contribution is 5.76. The van der Waals surface area contributed by atoms with E-state index in [1.807, 2.05) is 0 Å². The molecule has 0 aliphatic heterocycles. The number of unbranched alkanes of at least 4 members (excludes halogenated alkanes) is 39. The van der Waals surface area contributed by atoms with Gasteiger partial charge in [0.2, 0.25) is 5.91 Å². The molecule has 352 valence electrons. The van der Waals surface area contributed by atoms with E-state index in [9.17, 15) is 19.8 Å². The molecule has 0 saturated heterocycles. The third-order valence-corrected chi connectivity index (χ3v) is 12.7. The maximum Gasteiger partial charge on any atom is 0.305 e. The molecule has 0 aliphatic rings. The maximum atomic E-state index is 12.4. The number of ether oxygens (including phenoxy) is 1. The van der Waals surface area contributed by atoms with Gasteiger partial charge in [0.05, 0.1) is 25.4 Å². The van der Waals surface area contributed by atoms with E-state index in [1.165, 1.54) is 212 Å². The van der Waals surface area contributed by atoms with Crippen LogP contribution in [0.5, 0.6) is 0 Å². The number of rotatable bonds is 50. The van der Waals surface area contributed by atoms with E-state index in [-0.39, 0.29) is 18.5 Å². The summed E-state index contributed by atoms with van der Waals surface area (Å²) in [6.45, 7) is 4.91. The Morgan fingerprint density at radius 3 is 1.03 bits per heavy atom. The number of nitrogens with one attached hydrogen (secondary N) is 1. The molecule has 2 unspecified atom stereocenters. The second-order valence-corrected chi connectivity index (χ2v) is 18.6. The SMILES string of the molecule is CCCCCCCCCCCCCCCCCCCCC(=O)OCCCCCCCCCCCC(=O)NC(CO)C(O)CCCCCCCCCCCCCCCCC. The van der Waals surface area contributed by atoms with Gasteiger partial charge in [0.25, 0.3) is 0 Å². The zero-order valence-electron chi connectivity index (χ0n) is 40.0. The number of aliphatic hydroxyl groups is 2. The van der Waals surface area contributed by atoms with Gasteiger partial charge in [-0.3, -0.25) is 9.59 Å². The summed E-state index contributed by atoms with van der Waals surface area (Å²) in [6.07, 6.45) is 55.0. The molecule has 0 aromatic rings. The monoisotopic (exact) mass is 836 g/mol. The molecule has 6 nitrogen and oxygen atoms in total. The minimum Gasteiger partial charge on any atom is -0.466 e. The molecule has 0 fully saturated rings. The summed E-state index contributed by atoms with van der Waals surface area (Å²) in [4.78, 5) is 24.5. The lowest BCUT2D eigenvalue weighted by Gasteiger charge is -2.22. The number of carbonyl (C=O) groups is 2. The zero-order valence-corrected chi connectivity index (χ0v) is 40.0. The minimum atomic E-state index is -0.679. The molecule has 0 aromatic carbocycles. The lowest BCUT2D eigenvalue weighted by molar-refractivity contribution is -0.143. The van der Waals surface area contributed by atoms with Gasteiger partial charge >= 0.3 is 5.97 Å². The van der Waals surface area contributed by atoms with Crippen molar-refractivity contribution in [2.75, 3.05) is 13.2 Å². The predicted molar refractivity (Wildman–Crippen MR) is 255 cm³/mol. The van der Waals surface area contributed by atoms with Crippen molar-refractivity contribution in [3.05, 3.63) is 0 Å². The van der Waals surface area contributed by atoms with Crippen LogP contribution in [0.15, 0.2) is 0 Å². The second-order valence-electron chi connectivity index (χ2n) is 18.6. The Hall–Kier alpha value is -1.14. The molecule has 6 heteroatoms. The number of amides is 1. The fraction of sp³-hybridized carbons (Fsp3) is 0.962. The summed E-state index contributed by atoms with van der Waals surface area (Å²) in [5.74, 6) is -0.0793. The number of carbonyl (C=O) groups excluding carboxylic acids is 2. The summed E-state index contributed by atoms with van der Waals surface area (Å²) in [7, 11) is 0. The number of aliphatic hydroxyl groups excluding tert-OH is 2. The molecule has 0 bridgehead atoms. The summed E-state index contributed by atoms with van der Waals surface area (Å²) < 4.78 is 5.47. The van der Waals surface area contributed by atoms with Crippen molar-refractivity contribution in [1.82, 2.24) is 5.32 Å². The van der Waals surface area contributed by atoms with Gasteiger partial charge < -0.3 is 20.3 Å². The molecule has 59 heavy (non-hydrogen) atoms. The van der Waals surface area contributed by atoms with Gasteiger partial charge in [-0.25, -0.2) is 0 Å². The molecule has 1 amide bonds. The van der Waals surface area contributed by atoms with Gasteiger partial charge in [0, 0.05) is 12.8 Å². The third kappa shape index (κ3) is 46.2. The molecule has 2 atom stereocenters. The van der Waals surface area contributed by atoms with E-state index in [0.29, 0.717) is 25.9 Å². The summed E-state index contributed by atoms with van der Waals surface area (Å²) in [5, 5.41) is 23.2. The average Bonchev–Trinajstić information content (AvgIpc) is 3.24. The van der Waals surface area contributed by atoms with E-state index in [1.54, 1.807) is 0 Å². The summed E-state index contributed by atoms with van der Waals surface area (Å²) >= 11 is 0. The molecule has 3 N–H and O–H groups in total. The predicted octanol–water partition coefficient (Wildman–Crippen LogP) is 16.0. The van der Waals surface area contributed by atoms with E-state index in [0.717, 1.165) is 57.8 Å². The van der Waals surface area contributed by atoms with Crippen molar-refractivity contribution in [2.24, 2.45) is 0 Å². The minimum absolute atomic E-state index is 0.0198. The van der Waals surface area contributed by atoms with Crippen LogP contribution >= 0.6 is 0 Å². The Labute approximate surface area is 368 Å². The van der Waals surface area contributed by atoms with Crippen LogP contribution in [-0.4, -0.2) is 47.4 Å². The Morgan fingerprint density at radius 1 is 0.407 bits per heavy atom. The van der Waals surface area contributed by atoms with Crippen molar-refractivity contribution in [3.63, 3.8) is 0 Å². The molecule has 0 spiro atoms. The first kappa shape index (κ1) is 57.9. The Bertz CT molecular complexity index is 837. The van der Waals surface area contributed by atoms with Crippen molar-refractivity contribution in [3.8, 4) is 0 Å². The van der Waals surface area contributed by atoms with Crippen molar-refractivity contribution >= 4 is 11.9 Å². The standard InChI is InChI=1S/C53H105NO5/c1-3-5-7-9-11-13-15-17-19-20-21-23-25-27-31-35-39-43-47-53(58)59-48-44-40-36-32-28-30-34-38-42-46-52(57)54-50(49-55)51(56)45-41-37-33-29-26-24-22-18-16-14-12-10-8-6-4-2/h50-51,55-56H,3-49H2,1-2H3,(H,54,57). The van der Waals surface area contributed by atoms with Crippen molar-refractivity contribution in [2.45, 2.75) is 315 Å². The fourth-order valence-electron chi connectivity index (χ4n) is 8.52. The second kappa shape index (κ2) is 49.5. The number of esters is 1. The Balaban J connectivity index is 3.44. The van der Waals surface area contributed by atoms with Gasteiger partial charge in [-0.1, -0.05) is 264 Å². The normalized spacial score (nSPS) is 12.5. The van der Waals surface area contributed by atoms with Crippen molar-refractivity contribution in [1.29, 1.82) is 0 Å². The molecule has 0 aromatic heterocycles. The smallest absolute Gasteiger partial charge is 0.305 e. The molecular formula is C53H105NO5. The van der Waals surface area contributed by atoms with E-state index < -0.39 is 12.1 Å². The van der Waals surface area contributed by atoms with Gasteiger partial charge in [0.15, 0.2) is 0 Å². The summed E-state index contributed by atoms with van der Waals surface area (Å²) in [6, 6.07) is -0.559. The molecule has 0 aliphatic carbocycles. The molecule has 0 saturated carbocycles. The summed E-state index contributed by atoms with van der Waals surface area (Å²) in [5.41, 5.74) is 0. The van der Waals surface area contributed by atoms with Crippen LogP contribution in [0.25, 0.3) is 0 Å². The topological polar surface area (TPSA) is 95.9 Å². The van der Waals surface area contributed by atoms with Crippen molar-refractivity contribution < 1.29 is 24.5 Å². The van der Waals surface area contributed by atoms with Crippen LogP contribution in [0.3, 0.4) is 0 Å². The highest BCUT2D eigenvalue weighted by Gasteiger charge is 2.20. The van der Waals surface area contributed by atoms with Crippen LogP contribution in [0.1, 0.15) is 303 Å². The lowest BCUT2D eigenvalue weighted by atomic mass is 10.0. The quantitative estimate of drug-likeness (QED) is 0.0419. The Morgan fingerprint density at radius 2 is 0.695 bits per heavy atom. The van der Waals surface area contributed by atoms with Gasteiger partial charge in [-0.15, -0.1) is 0 Å². The first-order chi connectivity index (χ1) is 29.0. The van der Waals surface area contributed by atoms with Crippen LogP contribution in [0, 0.1) is 0 Å². The van der Waals surface area contributed by atoms with Crippen LogP contribution in [0.2, 0.25) is 0 Å². The van der Waals surface area contributed by atoms with E-state index >= 15 is 0 Å². The molecule has 0 radical (unpaired) electrons. The van der Waals surface area contributed by atoms with E-state index in [2.05, 4.69) is 19.2 Å². The van der Waals surface area contributed by atoms with E-state index in [4.69, 9.17) is 4.74 Å². The molecular weight excluding hydrogens is 731 g/mol. The first-order valence-electron chi connectivity index (χ1n) is 26.8. The average molecular weight is 836 g/mol.